The highest BCUT2D eigenvalue weighted by atomic mass is 16.5. The second-order valence-electron chi connectivity index (χ2n) is 10.2. The number of ether oxygens (including phenoxy) is 1. The third-order valence-electron chi connectivity index (χ3n) is 7.53. The number of phenols is 2. The number of aromatic carboxylic acids is 1. The number of rotatable bonds is 7. The van der Waals surface area contributed by atoms with Gasteiger partial charge in [0.1, 0.15) is 39.7 Å². The van der Waals surface area contributed by atoms with Gasteiger partial charge < -0.3 is 33.8 Å². The van der Waals surface area contributed by atoms with E-state index in [1.54, 1.807) is 53.4 Å². The van der Waals surface area contributed by atoms with Crippen LogP contribution in [-0.2, 0) is 9.53 Å². The van der Waals surface area contributed by atoms with Gasteiger partial charge in [-0.25, -0.2) is 4.79 Å². The number of hydrogen-bond acceptors (Lipinski definition) is 8. The van der Waals surface area contributed by atoms with Crippen LogP contribution < -0.4 is 5.43 Å². The summed E-state index contributed by atoms with van der Waals surface area (Å²) in [7, 11) is 0. The quantitative estimate of drug-likeness (QED) is 0.235. The minimum Gasteiger partial charge on any atom is -0.507 e. The lowest BCUT2D eigenvalue weighted by Crippen LogP contribution is -2.41. The van der Waals surface area contributed by atoms with E-state index in [-0.39, 0.29) is 45.9 Å². The summed E-state index contributed by atoms with van der Waals surface area (Å²) < 4.78 is 17.8. The Bertz CT molecular complexity index is 1870. The highest BCUT2D eigenvalue weighted by molar-refractivity contribution is 5.91. The number of hydrogen-bond donors (Lipinski definition) is 3. The van der Waals surface area contributed by atoms with E-state index in [4.69, 9.17) is 13.6 Å². The van der Waals surface area contributed by atoms with Crippen LogP contribution in [0.2, 0.25) is 0 Å². The smallest absolute Gasteiger partial charge is 0.335 e. The molecule has 3 heterocycles. The van der Waals surface area contributed by atoms with Crippen molar-refractivity contribution in [3.8, 4) is 34.1 Å². The first-order valence-corrected chi connectivity index (χ1v) is 13.7. The molecule has 0 saturated carbocycles. The largest absolute Gasteiger partial charge is 0.507 e. The Morgan fingerprint density at radius 3 is 2.21 bits per heavy atom. The molecule has 3 N–H and O–H groups in total. The van der Waals surface area contributed by atoms with Crippen LogP contribution >= 0.6 is 0 Å². The van der Waals surface area contributed by atoms with E-state index in [2.05, 4.69) is 0 Å². The second kappa shape index (κ2) is 11.5. The fourth-order valence-electron chi connectivity index (χ4n) is 5.34. The molecule has 0 unspecified atom stereocenters. The predicted molar refractivity (Wildman–Crippen MR) is 156 cm³/mol. The lowest BCUT2D eigenvalue weighted by molar-refractivity contribution is -0.135. The third-order valence-corrected chi connectivity index (χ3v) is 7.53. The average molecular weight is 582 g/mol. The van der Waals surface area contributed by atoms with Crippen LogP contribution in [0.3, 0.4) is 0 Å². The Labute approximate surface area is 245 Å². The molecular formula is C33H27NO9. The van der Waals surface area contributed by atoms with E-state index in [1.807, 2.05) is 6.07 Å². The van der Waals surface area contributed by atoms with Crippen molar-refractivity contribution in [1.82, 2.24) is 4.90 Å². The summed E-state index contributed by atoms with van der Waals surface area (Å²) in [5, 5.41) is 31.0. The maximum atomic E-state index is 13.6. The zero-order valence-electron chi connectivity index (χ0n) is 22.9. The van der Waals surface area contributed by atoms with Gasteiger partial charge in [-0.1, -0.05) is 42.5 Å². The zero-order valence-corrected chi connectivity index (χ0v) is 22.9. The molecule has 1 saturated heterocycles. The van der Waals surface area contributed by atoms with Gasteiger partial charge in [0.2, 0.25) is 5.91 Å². The number of carboxylic acid groups (broad SMARTS) is 1. The van der Waals surface area contributed by atoms with Crippen molar-refractivity contribution >= 4 is 22.8 Å². The molecule has 218 valence electrons. The highest BCUT2D eigenvalue weighted by Gasteiger charge is 2.32. The standard InChI is InChI=1S/C33H27NO9/c35-23-17-24(36)31-25(37)18-28(19-4-2-1-3-5-19)43-32(31)30(23)22(16-29(38)34-12-14-41-15-13-34)27-11-10-26(42-27)20-6-8-21(9-7-20)33(39)40/h1-11,17-18,22,35-36H,12-16H2,(H,39,40)/t22-/m1/s1. The SMILES string of the molecule is O=C(O)c1ccc(-c2ccc([C@@H](CC(=O)N3CCOCC3)c3c(O)cc(O)c4c(=O)cc(-c5ccccc5)oc34)o2)cc1. The number of benzene rings is 3. The number of furan rings is 1. The fourth-order valence-corrected chi connectivity index (χ4v) is 5.34. The van der Waals surface area contributed by atoms with Gasteiger partial charge in [0, 0.05) is 48.3 Å². The molecule has 6 rings (SSSR count). The summed E-state index contributed by atoms with van der Waals surface area (Å²) in [5.41, 5.74) is 0.873. The summed E-state index contributed by atoms with van der Waals surface area (Å²) in [6.07, 6.45) is -0.141. The molecule has 43 heavy (non-hydrogen) atoms. The summed E-state index contributed by atoms with van der Waals surface area (Å²) >= 11 is 0. The molecule has 1 atom stereocenters. The first-order chi connectivity index (χ1) is 20.8. The first-order valence-electron chi connectivity index (χ1n) is 13.7. The molecule has 1 fully saturated rings. The van der Waals surface area contributed by atoms with E-state index in [0.717, 1.165) is 6.07 Å². The molecule has 0 spiro atoms. The Morgan fingerprint density at radius 1 is 0.814 bits per heavy atom. The molecule has 10 heteroatoms. The number of carbonyl (C=O) groups is 2. The summed E-state index contributed by atoms with van der Waals surface area (Å²) in [6, 6.07) is 20.7. The topological polar surface area (TPSA) is 151 Å². The Morgan fingerprint density at radius 2 is 1.51 bits per heavy atom. The molecule has 3 aromatic carbocycles. The Balaban J connectivity index is 1.51. The van der Waals surface area contributed by atoms with Crippen molar-refractivity contribution in [3.63, 3.8) is 0 Å². The van der Waals surface area contributed by atoms with Crippen molar-refractivity contribution in [2.24, 2.45) is 0 Å². The van der Waals surface area contributed by atoms with Gasteiger partial charge in [-0.3, -0.25) is 9.59 Å². The van der Waals surface area contributed by atoms with Gasteiger partial charge in [-0.15, -0.1) is 0 Å². The van der Waals surface area contributed by atoms with E-state index >= 15 is 0 Å². The number of fused-ring (bicyclic) bond motifs is 1. The van der Waals surface area contributed by atoms with Crippen LogP contribution in [0.4, 0.5) is 0 Å². The van der Waals surface area contributed by atoms with Gasteiger partial charge in [0.05, 0.1) is 24.7 Å². The van der Waals surface area contributed by atoms with Gasteiger partial charge in [0.15, 0.2) is 5.43 Å². The number of carbonyl (C=O) groups excluding carboxylic acids is 1. The minimum atomic E-state index is -1.06. The van der Waals surface area contributed by atoms with Crippen molar-refractivity contribution in [2.75, 3.05) is 26.3 Å². The number of morpholine rings is 1. The van der Waals surface area contributed by atoms with Gasteiger partial charge in [-0.05, 0) is 24.3 Å². The van der Waals surface area contributed by atoms with E-state index in [1.165, 1.54) is 18.2 Å². The van der Waals surface area contributed by atoms with Crippen molar-refractivity contribution < 1.29 is 38.5 Å². The Kier molecular flexibility index (Phi) is 7.43. The van der Waals surface area contributed by atoms with Crippen LogP contribution in [0.1, 0.15) is 34.0 Å². The average Bonchev–Trinajstić information content (AvgIpc) is 3.51. The van der Waals surface area contributed by atoms with Crippen LogP contribution in [-0.4, -0.2) is 58.4 Å². The van der Waals surface area contributed by atoms with Crippen molar-refractivity contribution in [3.05, 3.63) is 106 Å². The van der Waals surface area contributed by atoms with Crippen LogP contribution in [0.25, 0.3) is 33.6 Å². The van der Waals surface area contributed by atoms with Gasteiger partial charge in [-0.2, -0.15) is 0 Å². The monoisotopic (exact) mass is 581 g/mol. The number of phenolic OH excluding ortho intramolecular Hbond substituents is 2. The lowest BCUT2D eigenvalue weighted by atomic mass is 9.89. The summed E-state index contributed by atoms with van der Waals surface area (Å²) in [5.74, 6) is -2.10. The number of amides is 1. The minimum absolute atomic E-state index is 0.0626. The molecule has 5 aromatic rings. The van der Waals surface area contributed by atoms with Gasteiger partial charge >= 0.3 is 5.97 Å². The first kappa shape index (κ1) is 27.8. The van der Waals surface area contributed by atoms with Gasteiger partial charge in [0.25, 0.3) is 0 Å². The fraction of sp³-hybridized carbons (Fsp3) is 0.182. The molecule has 1 aliphatic rings. The van der Waals surface area contributed by atoms with E-state index in [0.29, 0.717) is 49.0 Å². The maximum Gasteiger partial charge on any atom is 0.335 e. The zero-order chi connectivity index (χ0) is 30.1. The maximum absolute atomic E-state index is 13.6. The molecular weight excluding hydrogens is 554 g/mol. The van der Waals surface area contributed by atoms with Crippen LogP contribution in [0.15, 0.2) is 92.5 Å². The number of aromatic hydroxyl groups is 2. The highest BCUT2D eigenvalue weighted by Crippen LogP contribution is 2.44. The molecule has 0 aliphatic carbocycles. The summed E-state index contributed by atoms with van der Waals surface area (Å²) in [4.78, 5) is 39.8. The Hall–Kier alpha value is -5.35. The lowest BCUT2D eigenvalue weighted by Gasteiger charge is -2.28. The molecule has 0 radical (unpaired) electrons. The molecule has 10 nitrogen and oxygen atoms in total. The van der Waals surface area contributed by atoms with Crippen LogP contribution in [0, 0.1) is 0 Å². The van der Waals surface area contributed by atoms with Crippen LogP contribution in [0.5, 0.6) is 11.5 Å². The third kappa shape index (κ3) is 5.47. The predicted octanol–water partition coefficient (Wildman–Crippen LogP) is 5.21. The molecule has 2 aromatic heterocycles. The number of carboxylic acids is 1. The number of nitrogens with zero attached hydrogens (tertiary/aromatic N) is 1. The normalized spacial score (nSPS) is 14.1. The second-order valence-corrected chi connectivity index (χ2v) is 10.2. The van der Waals surface area contributed by atoms with E-state index < -0.39 is 23.1 Å². The van der Waals surface area contributed by atoms with E-state index in [9.17, 15) is 29.7 Å². The van der Waals surface area contributed by atoms with Crippen molar-refractivity contribution in [2.45, 2.75) is 12.3 Å². The van der Waals surface area contributed by atoms with Crippen molar-refractivity contribution in [1.29, 1.82) is 0 Å². The summed E-state index contributed by atoms with van der Waals surface area (Å²) in [6.45, 7) is 1.60. The molecule has 1 amide bonds. The molecule has 0 bridgehead atoms. The molecule has 1 aliphatic heterocycles.